The van der Waals surface area contributed by atoms with Crippen molar-refractivity contribution in [2.75, 3.05) is 20.1 Å². The number of piperidine rings is 1. The SMILES string of the molecule is CN1CCC[C@H](N=C2C=CN(C(N)=O)C3SC(c4ccccc4)=CC23)C1. The van der Waals surface area contributed by atoms with Crippen molar-refractivity contribution in [3.63, 3.8) is 0 Å². The number of urea groups is 1. The highest BCUT2D eigenvalue weighted by Gasteiger charge is 2.39. The van der Waals surface area contributed by atoms with Gasteiger partial charge in [-0.1, -0.05) is 48.2 Å². The number of fused-ring (bicyclic) bond motifs is 1. The lowest BCUT2D eigenvalue weighted by molar-refractivity contribution is 0.219. The topological polar surface area (TPSA) is 61.9 Å². The van der Waals surface area contributed by atoms with E-state index in [2.05, 4.69) is 30.2 Å². The molecule has 0 saturated carbocycles. The molecule has 1 fully saturated rings. The van der Waals surface area contributed by atoms with Crippen LogP contribution in [0.5, 0.6) is 0 Å². The minimum absolute atomic E-state index is 0.0484. The highest BCUT2D eigenvalue weighted by atomic mass is 32.2. The molecule has 3 atom stereocenters. The second-order valence-electron chi connectivity index (χ2n) is 7.10. The van der Waals surface area contributed by atoms with E-state index in [-0.39, 0.29) is 11.3 Å². The number of allylic oxidation sites excluding steroid dienone is 1. The number of aliphatic imine (C=N–C) groups is 1. The molecular formula is C20H24N4OS. The lowest BCUT2D eigenvalue weighted by Crippen LogP contribution is -2.45. The van der Waals surface area contributed by atoms with E-state index < -0.39 is 6.03 Å². The monoisotopic (exact) mass is 368 g/mol. The molecule has 2 N–H and O–H groups in total. The van der Waals surface area contributed by atoms with Gasteiger partial charge in [0.2, 0.25) is 0 Å². The highest BCUT2D eigenvalue weighted by molar-refractivity contribution is 8.09. The number of nitrogens with two attached hydrogens (primary N) is 1. The van der Waals surface area contributed by atoms with Crippen LogP contribution in [0.1, 0.15) is 18.4 Å². The standard InChI is InChI=1S/C20H24N4OS/c1-23-10-5-8-15(13-23)22-17-9-11-24(20(21)25)19-16(17)12-18(26-19)14-6-3-2-4-7-14/h2-4,6-7,9,11-12,15-16,19H,5,8,10,13H2,1H3,(H2,21,25)/t15-,16?,19?/m0/s1. The van der Waals surface area contributed by atoms with Crippen LogP contribution in [0.25, 0.3) is 4.91 Å². The quantitative estimate of drug-likeness (QED) is 0.872. The summed E-state index contributed by atoms with van der Waals surface area (Å²) in [5.41, 5.74) is 7.84. The summed E-state index contributed by atoms with van der Waals surface area (Å²) in [6.07, 6.45) is 8.31. The van der Waals surface area contributed by atoms with E-state index in [0.717, 1.165) is 25.2 Å². The molecule has 4 rings (SSSR count). The third-order valence-corrected chi connectivity index (χ3v) is 6.54. The first-order valence-electron chi connectivity index (χ1n) is 9.08. The van der Waals surface area contributed by atoms with Gasteiger partial charge in [0, 0.05) is 23.4 Å². The van der Waals surface area contributed by atoms with Gasteiger partial charge in [-0.15, -0.1) is 0 Å². The summed E-state index contributed by atoms with van der Waals surface area (Å²) in [6.45, 7) is 2.14. The second kappa shape index (κ2) is 7.29. The van der Waals surface area contributed by atoms with Crippen LogP contribution in [0.15, 0.2) is 53.7 Å². The molecule has 136 valence electrons. The summed E-state index contributed by atoms with van der Waals surface area (Å²) in [4.78, 5) is 22.1. The molecule has 0 radical (unpaired) electrons. The first-order valence-corrected chi connectivity index (χ1v) is 9.96. The van der Waals surface area contributed by atoms with E-state index >= 15 is 0 Å². The van der Waals surface area contributed by atoms with Crippen LogP contribution in [-0.4, -0.2) is 53.1 Å². The van der Waals surface area contributed by atoms with Crippen LogP contribution >= 0.6 is 11.8 Å². The summed E-state index contributed by atoms with van der Waals surface area (Å²) in [6, 6.07) is 10.2. The fourth-order valence-corrected chi connectivity index (χ4v) is 5.26. The van der Waals surface area contributed by atoms with E-state index in [0.29, 0.717) is 6.04 Å². The number of hydrogen-bond donors (Lipinski definition) is 1. The minimum Gasteiger partial charge on any atom is -0.351 e. The predicted molar refractivity (Wildman–Crippen MR) is 108 cm³/mol. The number of nitrogens with zero attached hydrogens (tertiary/aromatic N) is 3. The molecule has 2 amide bonds. The number of carbonyl (C=O) groups is 1. The smallest absolute Gasteiger partial charge is 0.319 e. The summed E-state index contributed by atoms with van der Waals surface area (Å²) >= 11 is 1.69. The van der Waals surface area contributed by atoms with Gasteiger partial charge in [-0.3, -0.25) is 9.89 Å². The fraction of sp³-hybridized carbons (Fsp3) is 0.400. The molecule has 0 aliphatic carbocycles. The molecular weight excluding hydrogens is 344 g/mol. The Morgan fingerprint density at radius 2 is 2.12 bits per heavy atom. The summed E-state index contributed by atoms with van der Waals surface area (Å²) in [7, 11) is 2.15. The maximum absolute atomic E-state index is 11.9. The zero-order chi connectivity index (χ0) is 18.1. The zero-order valence-electron chi connectivity index (χ0n) is 14.9. The average Bonchev–Trinajstić information content (AvgIpc) is 3.08. The van der Waals surface area contributed by atoms with Gasteiger partial charge in [-0.25, -0.2) is 4.79 Å². The van der Waals surface area contributed by atoms with Gasteiger partial charge < -0.3 is 10.6 Å². The molecule has 5 nitrogen and oxygen atoms in total. The number of primary amides is 1. The van der Waals surface area contributed by atoms with Crippen LogP contribution in [0.4, 0.5) is 4.79 Å². The Kier molecular flexibility index (Phi) is 4.87. The van der Waals surface area contributed by atoms with Crippen LogP contribution in [0.2, 0.25) is 0 Å². The summed E-state index contributed by atoms with van der Waals surface area (Å²) < 4.78 is 0. The van der Waals surface area contributed by atoms with Crippen molar-refractivity contribution in [2.45, 2.75) is 24.3 Å². The molecule has 1 saturated heterocycles. The van der Waals surface area contributed by atoms with E-state index in [1.165, 1.54) is 16.9 Å². The second-order valence-corrected chi connectivity index (χ2v) is 8.26. The first-order chi connectivity index (χ1) is 12.6. The predicted octanol–water partition coefficient (Wildman–Crippen LogP) is 3.16. The van der Waals surface area contributed by atoms with Gasteiger partial charge in [-0.2, -0.15) is 0 Å². The van der Waals surface area contributed by atoms with Crippen LogP contribution in [0, 0.1) is 5.92 Å². The molecule has 3 heterocycles. The molecule has 0 aromatic heterocycles. The molecule has 26 heavy (non-hydrogen) atoms. The molecule has 0 bridgehead atoms. The third kappa shape index (κ3) is 3.44. The first kappa shape index (κ1) is 17.4. The number of likely N-dealkylation sites (tertiary alicyclic amines) is 1. The van der Waals surface area contributed by atoms with Crippen molar-refractivity contribution in [1.29, 1.82) is 0 Å². The summed E-state index contributed by atoms with van der Waals surface area (Å²) in [5.74, 6) is 0.0833. The van der Waals surface area contributed by atoms with E-state index in [4.69, 9.17) is 10.7 Å². The molecule has 1 aromatic carbocycles. The molecule has 3 aliphatic rings. The van der Waals surface area contributed by atoms with Crippen molar-refractivity contribution in [3.8, 4) is 0 Å². The number of amides is 2. The van der Waals surface area contributed by atoms with Crippen molar-refractivity contribution in [3.05, 3.63) is 54.2 Å². The Hall–Kier alpha value is -2.05. The number of hydrogen-bond acceptors (Lipinski definition) is 4. The largest absolute Gasteiger partial charge is 0.351 e. The lowest BCUT2D eigenvalue weighted by atomic mass is 9.96. The molecule has 1 aromatic rings. The molecule has 2 unspecified atom stereocenters. The van der Waals surface area contributed by atoms with Gasteiger partial charge in [0.15, 0.2) is 0 Å². The van der Waals surface area contributed by atoms with Crippen molar-refractivity contribution in [2.24, 2.45) is 16.6 Å². The lowest BCUT2D eigenvalue weighted by Gasteiger charge is -2.33. The van der Waals surface area contributed by atoms with Gasteiger partial charge in [0.25, 0.3) is 0 Å². The highest BCUT2D eigenvalue weighted by Crippen LogP contribution is 2.46. The maximum Gasteiger partial charge on any atom is 0.319 e. The van der Waals surface area contributed by atoms with Gasteiger partial charge in [0.05, 0.1) is 12.0 Å². The number of carbonyl (C=O) groups excluding carboxylic acids is 1. The Morgan fingerprint density at radius 3 is 2.85 bits per heavy atom. The Morgan fingerprint density at radius 1 is 1.31 bits per heavy atom. The Bertz CT molecular complexity index is 773. The normalized spacial score (nSPS) is 30.3. The van der Waals surface area contributed by atoms with E-state index in [1.54, 1.807) is 22.9 Å². The molecule has 3 aliphatic heterocycles. The van der Waals surface area contributed by atoms with E-state index in [1.807, 2.05) is 24.3 Å². The van der Waals surface area contributed by atoms with Crippen LogP contribution < -0.4 is 5.73 Å². The summed E-state index contributed by atoms with van der Waals surface area (Å²) in [5, 5.41) is -0.0484. The van der Waals surface area contributed by atoms with Crippen LogP contribution in [-0.2, 0) is 0 Å². The number of thioether (sulfide) groups is 1. The van der Waals surface area contributed by atoms with Gasteiger partial charge in [0.1, 0.15) is 5.37 Å². The Labute approximate surface area is 158 Å². The fourth-order valence-electron chi connectivity index (χ4n) is 3.85. The Balaban J connectivity index is 1.65. The van der Waals surface area contributed by atoms with Crippen molar-refractivity contribution in [1.82, 2.24) is 9.80 Å². The minimum atomic E-state index is -0.414. The average molecular weight is 369 g/mol. The molecule has 6 heteroatoms. The van der Waals surface area contributed by atoms with Gasteiger partial charge in [-0.05, 0) is 38.1 Å². The number of rotatable bonds is 2. The number of likely N-dealkylation sites (N-methyl/N-ethyl adjacent to an activating group) is 1. The maximum atomic E-state index is 11.9. The zero-order valence-corrected chi connectivity index (χ0v) is 15.7. The molecule has 0 spiro atoms. The van der Waals surface area contributed by atoms with Crippen LogP contribution in [0.3, 0.4) is 0 Å². The number of benzene rings is 1. The van der Waals surface area contributed by atoms with E-state index in [9.17, 15) is 4.79 Å². The third-order valence-electron chi connectivity index (χ3n) is 5.15. The van der Waals surface area contributed by atoms with Gasteiger partial charge >= 0.3 is 6.03 Å². The van der Waals surface area contributed by atoms with Crippen molar-refractivity contribution >= 4 is 28.4 Å². The van der Waals surface area contributed by atoms with Crippen molar-refractivity contribution < 1.29 is 4.79 Å².